The van der Waals surface area contributed by atoms with Crippen molar-refractivity contribution >= 4 is 17.2 Å². The Morgan fingerprint density at radius 1 is 1.35 bits per heavy atom. The van der Waals surface area contributed by atoms with Crippen molar-refractivity contribution < 1.29 is 18.3 Å². The van der Waals surface area contributed by atoms with Gasteiger partial charge < -0.3 is 14.6 Å². The van der Waals surface area contributed by atoms with E-state index in [0.717, 1.165) is 19.3 Å². The number of carbonyl (C=O) groups excluding carboxylic acids is 1. The first kappa shape index (κ1) is 14.4. The summed E-state index contributed by atoms with van der Waals surface area (Å²) in [5.74, 6) is 0. The maximum absolute atomic E-state index is 11.6. The van der Waals surface area contributed by atoms with Crippen molar-refractivity contribution in [1.29, 1.82) is 0 Å². The molecule has 0 aliphatic heterocycles. The Kier molecular flexibility index (Phi) is 4.94. The second kappa shape index (κ2) is 5.82. The number of amides is 1. The van der Waals surface area contributed by atoms with E-state index in [9.17, 15) is 13.6 Å². The lowest BCUT2D eigenvalue weighted by Crippen LogP contribution is -2.48. The van der Waals surface area contributed by atoms with Gasteiger partial charge in [0.1, 0.15) is 5.60 Å². The number of alkyl carbamates (subject to hydrolysis) is 1. The van der Waals surface area contributed by atoms with E-state index < -0.39 is 22.8 Å². The molecule has 0 saturated heterocycles. The fraction of sp³-hybridized carbons (Fsp3) is 0.909. The second-order valence-corrected chi connectivity index (χ2v) is 6.51. The maximum atomic E-state index is 11.6. The number of hydrogen-bond donors (Lipinski definition) is 2. The van der Waals surface area contributed by atoms with Crippen LogP contribution < -0.4 is 5.32 Å². The second-order valence-electron chi connectivity index (χ2n) is 5.35. The SMILES string of the molecule is CC(C)(C)OC(=O)N[C@H]1CCCC[C@H]1S(=O)O. The largest absolute Gasteiger partial charge is 0.444 e. The topological polar surface area (TPSA) is 75.6 Å². The predicted molar refractivity (Wildman–Crippen MR) is 66.2 cm³/mol. The summed E-state index contributed by atoms with van der Waals surface area (Å²) in [5.41, 5.74) is -0.549. The molecule has 0 radical (unpaired) electrons. The number of ether oxygens (including phenoxy) is 1. The zero-order valence-corrected chi connectivity index (χ0v) is 11.4. The van der Waals surface area contributed by atoms with Crippen LogP contribution in [0.3, 0.4) is 0 Å². The third kappa shape index (κ3) is 5.04. The molecule has 3 atom stereocenters. The smallest absolute Gasteiger partial charge is 0.407 e. The van der Waals surface area contributed by atoms with Crippen LogP contribution in [-0.2, 0) is 15.8 Å². The van der Waals surface area contributed by atoms with Crippen molar-refractivity contribution in [2.24, 2.45) is 0 Å². The molecule has 2 N–H and O–H groups in total. The Morgan fingerprint density at radius 2 is 1.94 bits per heavy atom. The van der Waals surface area contributed by atoms with Gasteiger partial charge in [0.05, 0.1) is 5.25 Å². The van der Waals surface area contributed by atoms with Crippen LogP contribution in [0.1, 0.15) is 46.5 Å². The number of rotatable bonds is 2. The van der Waals surface area contributed by atoms with Crippen molar-refractivity contribution in [3.8, 4) is 0 Å². The minimum absolute atomic E-state index is 0.260. The summed E-state index contributed by atoms with van der Waals surface area (Å²) < 4.78 is 25.5. The van der Waals surface area contributed by atoms with Crippen molar-refractivity contribution in [1.82, 2.24) is 5.32 Å². The van der Waals surface area contributed by atoms with E-state index in [4.69, 9.17) is 4.74 Å². The molecule has 1 saturated carbocycles. The van der Waals surface area contributed by atoms with Gasteiger partial charge in [0.15, 0.2) is 11.1 Å². The Labute approximate surface area is 105 Å². The standard InChI is InChI=1S/C11H21NO4S/c1-11(2,3)16-10(13)12-8-6-4-5-7-9(8)17(14)15/h8-9H,4-7H2,1-3H3,(H,12,13)(H,14,15)/t8-,9+/m0/s1. The summed E-state index contributed by atoms with van der Waals surface area (Å²) in [7, 11) is 0. The summed E-state index contributed by atoms with van der Waals surface area (Å²) in [6.45, 7) is 5.36. The highest BCUT2D eigenvalue weighted by molar-refractivity contribution is 7.80. The van der Waals surface area contributed by atoms with E-state index in [1.54, 1.807) is 20.8 Å². The molecule has 1 aliphatic carbocycles. The molecule has 0 aromatic carbocycles. The Balaban J connectivity index is 2.53. The third-order valence-corrected chi connectivity index (χ3v) is 3.75. The molecule has 6 heteroatoms. The van der Waals surface area contributed by atoms with Gasteiger partial charge in [-0.2, -0.15) is 0 Å². The van der Waals surface area contributed by atoms with Crippen LogP contribution in [0.5, 0.6) is 0 Å². The number of carbonyl (C=O) groups is 1. The van der Waals surface area contributed by atoms with E-state index in [-0.39, 0.29) is 11.3 Å². The molecule has 0 aromatic heterocycles. The average Bonchev–Trinajstić information content (AvgIpc) is 2.14. The van der Waals surface area contributed by atoms with Crippen LogP contribution in [0.15, 0.2) is 0 Å². The molecular weight excluding hydrogens is 242 g/mol. The Hall–Kier alpha value is -0.620. The Bertz CT molecular complexity index is 300. The summed E-state index contributed by atoms with van der Waals surface area (Å²) in [6.07, 6.45) is 2.79. The highest BCUT2D eigenvalue weighted by atomic mass is 32.2. The van der Waals surface area contributed by atoms with Gasteiger partial charge in [-0.25, -0.2) is 9.00 Å². The Morgan fingerprint density at radius 3 is 2.47 bits per heavy atom. The maximum Gasteiger partial charge on any atom is 0.407 e. The van der Waals surface area contributed by atoms with E-state index in [0.29, 0.717) is 6.42 Å². The molecule has 1 fully saturated rings. The molecule has 100 valence electrons. The van der Waals surface area contributed by atoms with Crippen LogP contribution in [0, 0.1) is 0 Å². The quantitative estimate of drug-likeness (QED) is 0.748. The molecule has 1 unspecified atom stereocenters. The lowest BCUT2D eigenvalue weighted by molar-refractivity contribution is 0.0494. The fourth-order valence-electron chi connectivity index (χ4n) is 1.96. The summed E-state index contributed by atoms with van der Waals surface area (Å²) >= 11 is -1.89. The molecule has 17 heavy (non-hydrogen) atoms. The van der Waals surface area contributed by atoms with E-state index >= 15 is 0 Å². The normalized spacial score (nSPS) is 27.3. The van der Waals surface area contributed by atoms with Gasteiger partial charge in [0, 0.05) is 6.04 Å². The molecule has 0 bridgehead atoms. The number of nitrogens with one attached hydrogen (secondary N) is 1. The highest BCUT2D eigenvalue weighted by Crippen LogP contribution is 2.22. The highest BCUT2D eigenvalue weighted by Gasteiger charge is 2.31. The van der Waals surface area contributed by atoms with Crippen LogP contribution in [0.4, 0.5) is 4.79 Å². The minimum atomic E-state index is -1.89. The molecule has 0 spiro atoms. The lowest BCUT2D eigenvalue weighted by Gasteiger charge is -2.30. The first-order chi connectivity index (χ1) is 7.79. The third-order valence-electron chi connectivity index (χ3n) is 2.66. The zero-order chi connectivity index (χ0) is 13.1. The van der Waals surface area contributed by atoms with Crippen molar-refractivity contribution in [3.05, 3.63) is 0 Å². The average molecular weight is 263 g/mol. The zero-order valence-electron chi connectivity index (χ0n) is 10.6. The molecular formula is C11H21NO4S. The molecule has 0 heterocycles. The molecule has 1 rings (SSSR count). The van der Waals surface area contributed by atoms with Gasteiger partial charge in [-0.3, -0.25) is 0 Å². The predicted octanol–water partition coefficient (Wildman–Crippen LogP) is 2.04. The minimum Gasteiger partial charge on any atom is -0.444 e. The van der Waals surface area contributed by atoms with Gasteiger partial charge in [0.2, 0.25) is 0 Å². The van der Waals surface area contributed by atoms with E-state index in [1.165, 1.54) is 0 Å². The van der Waals surface area contributed by atoms with Gasteiger partial charge in [-0.15, -0.1) is 0 Å². The van der Waals surface area contributed by atoms with Gasteiger partial charge >= 0.3 is 6.09 Å². The molecule has 1 aliphatic rings. The van der Waals surface area contributed by atoms with Crippen molar-refractivity contribution in [2.45, 2.75) is 63.3 Å². The fourth-order valence-corrected chi connectivity index (χ4v) is 2.82. The lowest BCUT2D eigenvalue weighted by atomic mass is 9.95. The number of hydrogen-bond acceptors (Lipinski definition) is 3. The van der Waals surface area contributed by atoms with Gasteiger partial charge in [-0.1, -0.05) is 12.8 Å². The molecule has 1 amide bonds. The van der Waals surface area contributed by atoms with E-state index in [1.807, 2.05) is 0 Å². The van der Waals surface area contributed by atoms with Crippen LogP contribution in [-0.4, -0.2) is 31.7 Å². The first-order valence-corrected chi connectivity index (χ1v) is 7.06. The first-order valence-electron chi connectivity index (χ1n) is 5.89. The van der Waals surface area contributed by atoms with Gasteiger partial charge in [-0.05, 0) is 33.6 Å². The van der Waals surface area contributed by atoms with Crippen molar-refractivity contribution in [2.75, 3.05) is 0 Å². The molecule has 0 aromatic rings. The monoisotopic (exact) mass is 263 g/mol. The summed E-state index contributed by atoms with van der Waals surface area (Å²) in [5, 5.41) is 2.31. The summed E-state index contributed by atoms with van der Waals surface area (Å²) in [6, 6.07) is -0.260. The van der Waals surface area contributed by atoms with Crippen molar-refractivity contribution in [3.63, 3.8) is 0 Å². The molecule has 5 nitrogen and oxygen atoms in total. The van der Waals surface area contributed by atoms with Crippen LogP contribution in [0.25, 0.3) is 0 Å². The van der Waals surface area contributed by atoms with Gasteiger partial charge in [0.25, 0.3) is 0 Å². The summed E-state index contributed by atoms with van der Waals surface area (Å²) in [4.78, 5) is 11.6. The van der Waals surface area contributed by atoms with Crippen LogP contribution in [0.2, 0.25) is 0 Å². The van der Waals surface area contributed by atoms with Crippen LogP contribution >= 0.6 is 0 Å². The van der Waals surface area contributed by atoms with E-state index in [2.05, 4.69) is 5.32 Å².